The highest BCUT2D eigenvalue weighted by molar-refractivity contribution is 5.95. The van der Waals surface area contributed by atoms with Crippen LogP contribution >= 0.6 is 0 Å². The van der Waals surface area contributed by atoms with E-state index < -0.39 is 5.97 Å². The van der Waals surface area contributed by atoms with Crippen molar-refractivity contribution in [2.75, 3.05) is 13.6 Å². The summed E-state index contributed by atoms with van der Waals surface area (Å²) >= 11 is 0. The van der Waals surface area contributed by atoms with Gasteiger partial charge in [0.25, 0.3) is 5.91 Å². The molecule has 0 heterocycles. The summed E-state index contributed by atoms with van der Waals surface area (Å²) in [6.07, 6.45) is 2.18. The number of aromatic carboxylic acids is 1. The Balaban J connectivity index is 1.72. The number of likely N-dealkylation sites (N-methyl/N-ethyl adjacent to an activating group) is 1. The van der Waals surface area contributed by atoms with Crippen molar-refractivity contribution in [1.29, 1.82) is 0 Å². The molecule has 0 saturated heterocycles. The molecule has 23 heavy (non-hydrogen) atoms. The summed E-state index contributed by atoms with van der Waals surface area (Å²) in [4.78, 5) is 25.1. The number of hydrogen-bond donors (Lipinski definition) is 1. The van der Waals surface area contributed by atoms with E-state index in [1.807, 2.05) is 18.2 Å². The minimum Gasteiger partial charge on any atom is -0.478 e. The van der Waals surface area contributed by atoms with Gasteiger partial charge in [-0.2, -0.15) is 0 Å². The Morgan fingerprint density at radius 2 is 1.57 bits per heavy atom. The van der Waals surface area contributed by atoms with Crippen LogP contribution in [-0.2, 0) is 5.41 Å². The Morgan fingerprint density at radius 3 is 2.09 bits per heavy atom. The van der Waals surface area contributed by atoms with E-state index in [1.54, 1.807) is 24.1 Å². The molecular formula is C19H19NO3. The average molecular weight is 309 g/mol. The van der Waals surface area contributed by atoms with Gasteiger partial charge in [-0.15, -0.1) is 0 Å². The molecule has 1 fully saturated rings. The second kappa shape index (κ2) is 5.88. The maximum Gasteiger partial charge on any atom is 0.335 e. The molecule has 0 radical (unpaired) electrons. The number of rotatable bonds is 5. The molecule has 0 aliphatic heterocycles. The van der Waals surface area contributed by atoms with Crippen LogP contribution in [0.4, 0.5) is 0 Å². The van der Waals surface area contributed by atoms with Gasteiger partial charge in [0.15, 0.2) is 0 Å². The van der Waals surface area contributed by atoms with E-state index in [2.05, 4.69) is 12.1 Å². The predicted molar refractivity (Wildman–Crippen MR) is 87.7 cm³/mol. The van der Waals surface area contributed by atoms with Gasteiger partial charge in [-0.1, -0.05) is 30.3 Å². The molecule has 0 unspecified atom stereocenters. The average Bonchev–Trinajstić information content (AvgIpc) is 3.36. The zero-order valence-corrected chi connectivity index (χ0v) is 13.0. The number of hydrogen-bond acceptors (Lipinski definition) is 2. The minimum absolute atomic E-state index is 0.0761. The molecule has 3 rings (SSSR count). The molecule has 1 aliphatic rings. The molecule has 1 aliphatic carbocycles. The highest BCUT2D eigenvalue weighted by atomic mass is 16.4. The number of amides is 1. The van der Waals surface area contributed by atoms with Crippen LogP contribution < -0.4 is 0 Å². The standard InChI is InChI=1S/C19H19NO3/c1-20(13-19(11-12-19)16-5-3-2-4-6-16)17(21)14-7-9-15(10-8-14)18(22)23/h2-10H,11-13H2,1H3,(H,22,23). The molecule has 4 heteroatoms. The third-order valence-electron chi connectivity index (χ3n) is 4.51. The van der Waals surface area contributed by atoms with Gasteiger partial charge in [-0.3, -0.25) is 4.79 Å². The van der Waals surface area contributed by atoms with E-state index in [0.29, 0.717) is 12.1 Å². The molecule has 4 nitrogen and oxygen atoms in total. The number of carboxylic acids is 1. The first-order chi connectivity index (χ1) is 11.0. The lowest BCUT2D eigenvalue weighted by Gasteiger charge is -2.24. The second-order valence-corrected chi connectivity index (χ2v) is 6.19. The highest BCUT2D eigenvalue weighted by Crippen LogP contribution is 2.48. The Kier molecular flexibility index (Phi) is 3.90. The monoisotopic (exact) mass is 309 g/mol. The first kappa shape index (κ1) is 15.3. The first-order valence-electron chi connectivity index (χ1n) is 7.66. The first-order valence-corrected chi connectivity index (χ1v) is 7.66. The minimum atomic E-state index is -0.988. The van der Waals surface area contributed by atoms with Crippen molar-refractivity contribution in [3.8, 4) is 0 Å². The lowest BCUT2D eigenvalue weighted by molar-refractivity contribution is 0.0695. The smallest absolute Gasteiger partial charge is 0.335 e. The molecule has 118 valence electrons. The molecule has 2 aromatic rings. The Morgan fingerprint density at radius 1 is 1.00 bits per heavy atom. The number of carbonyl (C=O) groups is 2. The normalized spacial score (nSPS) is 15.0. The summed E-state index contributed by atoms with van der Waals surface area (Å²) in [6, 6.07) is 16.4. The van der Waals surface area contributed by atoms with Crippen LogP contribution in [0.2, 0.25) is 0 Å². The fourth-order valence-electron chi connectivity index (χ4n) is 2.98. The lowest BCUT2D eigenvalue weighted by atomic mass is 9.95. The summed E-state index contributed by atoms with van der Waals surface area (Å²) < 4.78 is 0. The predicted octanol–water partition coefficient (Wildman–Crippen LogP) is 3.19. The number of carboxylic acid groups (broad SMARTS) is 1. The van der Waals surface area contributed by atoms with Crippen LogP contribution in [0.25, 0.3) is 0 Å². The molecule has 0 atom stereocenters. The van der Waals surface area contributed by atoms with Crippen LogP contribution in [0, 0.1) is 0 Å². The molecule has 1 saturated carbocycles. The van der Waals surface area contributed by atoms with Crippen molar-refractivity contribution in [2.24, 2.45) is 0 Å². The van der Waals surface area contributed by atoms with Gasteiger partial charge in [0, 0.05) is 24.6 Å². The molecule has 1 N–H and O–H groups in total. The molecular weight excluding hydrogens is 290 g/mol. The fourth-order valence-corrected chi connectivity index (χ4v) is 2.98. The van der Waals surface area contributed by atoms with E-state index in [0.717, 1.165) is 12.8 Å². The topological polar surface area (TPSA) is 57.6 Å². The summed E-state index contributed by atoms with van der Waals surface area (Å²) in [5.74, 6) is -1.07. The van der Waals surface area contributed by atoms with Crippen LogP contribution in [0.1, 0.15) is 39.1 Å². The summed E-state index contributed by atoms with van der Waals surface area (Å²) in [6.45, 7) is 0.677. The van der Waals surface area contributed by atoms with Crippen molar-refractivity contribution < 1.29 is 14.7 Å². The van der Waals surface area contributed by atoms with Crippen molar-refractivity contribution in [3.05, 3.63) is 71.3 Å². The molecule has 0 spiro atoms. The van der Waals surface area contributed by atoms with Crippen LogP contribution in [-0.4, -0.2) is 35.5 Å². The molecule has 0 aromatic heterocycles. The second-order valence-electron chi connectivity index (χ2n) is 6.19. The maximum atomic E-state index is 12.5. The highest BCUT2D eigenvalue weighted by Gasteiger charge is 2.45. The zero-order chi connectivity index (χ0) is 16.4. The van der Waals surface area contributed by atoms with Crippen LogP contribution in [0.5, 0.6) is 0 Å². The lowest BCUT2D eigenvalue weighted by Crippen LogP contribution is -2.34. The summed E-state index contributed by atoms with van der Waals surface area (Å²) in [7, 11) is 1.80. The van der Waals surface area contributed by atoms with Crippen molar-refractivity contribution in [1.82, 2.24) is 4.90 Å². The molecule has 2 aromatic carbocycles. The summed E-state index contributed by atoms with van der Waals surface area (Å²) in [5, 5.41) is 8.92. The van der Waals surface area contributed by atoms with E-state index in [4.69, 9.17) is 5.11 Å². The number of carbonyl (C=O) groups excluding carboxylic acids is 1. The SMILES string of the molecule is CN(CC1(c2ccccc2)CC1)C(=O)c1ccc(C(=O)O)cc1. The number of nitrogens with zero attached hydrogens (tertiary/aromatic N) is 1. The third-order valence-corrected chi connectivity index (χ3v) is 4.51. The molecule has 1 amide bonds. The van der Waals surface area contributed by atoms with E-state index in [1.165, 1.54) is 17.7 Å². The van der Waals surface area contributed by atoms with E-state index in [-0.39, 0.29) is 16.9 Å². The quantitative estimate of drug-likeness (QED) is 0.923. The van der Waals surface area contributed by atoms with Crippen LogP contribution in [0.3, 0.4) is 0 Å². The zero-order valence-electron chi connectivity index (χ0n) is 13.0. The van der Waals surface area contributed by atoms with Crippen LogP contribution in [0.15, 0.2) is 54.6 Å². The van der Waals surface area contributed by atoms with Gasteiger partial charge in [0.1, 0.15) is 0 Å². The third kappa shape index (κ3) is 3.11. The Hall–Kier alpha value is -2.62. The van der Waals surface area contributed by atoms with Crippen molar-refractivity contribution in [3.63, 3.8) is 0 Å². The molecule has 0 bridgehead atoms. The van der Waals surface area contributed by atoms with Gasteiger partial charge >= 0.3 is 5.97 Å². The van der Waals surface area contributed by atoms with E-state index in [9.17, 15) is 9.59 Å². The van der Waals surface area contributed by atoms with Crippen molar-refractivity contribution in [2.45, 2.75) is 18.3 Å². The van der Waals surface area contributed by atoms with Gasteiger partial charge in [0.05, 0.1) is 5.56 Å². The van der Waals surface area contributed by atoms with Gasteiger partial charge in [-0.05, 0) is 42.7 Å². The van der Waals surface area contributed by atoms with Gasteiger partial charge < -0.3 is 10.0 Å². The maximum absolute atomic E-state index is 12.5. The van der Waals surface area contributed by atoms with E-state index >= 15 is 0 Å². The largest absolute Gasteiger partial charge is 0.478 e. The Labute approximate surface area is 135 Å². The number of benzene rings is 2. The Bertz CT molecular complexity index is 718. The van der Waals surface area contributed by atoms with Gasteiger partial charge in [0.2, 0.25) is 0 Å². The van der Waals surface area contributed by atoms with Gasteiger partial charge in [-0.25, -0.2) is 4.79 Å². The van der Waals surface area contributed by atoms with Crippen molar-refractivity contribution >= 4 is 11.9 Å². The fraction of sp³-hybridized carbons (Fsp3) is 0.263. The summed E-state index contributed by atoms with van der Waals surface area (Å²) in [5.41, 5.74) is 2.06.